The maximum atomic E-state index is 5.53. The minimum atomic E-state index is 0. The number of hydrogen-bond donors (Lipinski definition) is 2. The quantitative estimate of drug-likeness (QED) is 0.244. The van der Waals surface area contributed by atoms with E-state index in [4.69, 9.17) is 4.74 Å². The summed E-state index contributed by atoms with van der Waals surface area (Å²) < 4.78 is 5.53. The summed E-state index contributed by atoms with van der Waals surface area (Å²) in [4.78, 5) is 4.56. The van der Waals surface area contributed by atoms with Gasteiger partial charge in [0.1, 0.15) is 0 Å². The molecule has 20 heavy (non-hydrogen) atoms. The van der Waals surface area contributed by atoms with Crippen molar-refractivity contribution >= 4 is 29.9 Å². The predicted octanol–water partition coefficient (Wildman–Crippen LogP) is 3.17. The highest BCUT2D eigenvalue weighted by molar-refractivity contribution is 14.0. The molecule has 2 N–H and O–H groups in total. The van der Waals surface area contributed by atoms with Crippen molar-refractivity contribution in [2.75, 3.05) is 32.8 Å². The molecule has 1 aliphatic carbocycles. The van der Waals surface area contributed by atoms with E-state index in [1.165, 1.54) is 25.7 Å². The van der Waals surface area contributed by atoms with Crippen LogP contribution in [-0.2, 0) is 4.74 Å². The molecule has 0 heterocycles. The molecule has 0 spiro atoms. The van der Waals surface area contributed by atoms with Crippen molar-refractivity contribution in [1.82, 2.24) is 10.6 Å². The fourth-order valence-electron chi connectivity index (χ4n) is 1.85. The van der Waals surface area contributed by atoms with E-state index in [9.17, 15) is 0 Å². The van der Waals surface area contributed by atoms with Gasteiger partial charge < -0.3 is 15.4 Å². The van der Waals surface area contributed by atoms with Crippen LogP contribution in [0.5, 0.6) is 0 Å². The van der Waals surface area contributed by atoms with Crippen molar-refractivity contribution < 1.29 is 4.74 Å². The average molecular weight is 397 g/mol. The molecule has 0 aromatic carbocycles. The van der Waals surface area contributed by atoms with Crippen molar-refractivity contribution in [3.05, 3.63) is 0 Å². The normalized spacial score (nSPS) is 14.8. The van der Waals surface area contributed by atoms with Crippen LogP contribution >= 0.6 is 24.0 Å². The Hall–Kier alpha value is -0.0400. The first kappa shape index (κ1) is 20.0. The summed E-state index contributed by atoms with van der Waals surface area (Å²) in [5, 5.41) is 6.69. The Morgan fingerprint density at radius 1 is 1.15 bits per heavy atom. The van der Waals surface area contributed by atoms with Gasteiger partial charge in [0.05, 0.1) is 0 Å². The van der Waals surface area contributed by atoms with E-state index < -0.39 is 0 Å². The van der Waals surface area contributed by atoms with E-state index in [-0.39, 0.29) is 24.0 Å². The van der Waals surface area contributed by atoms with Crippen molar-refractivity contribution in [3.8, 4) is 0 Å². The molecule has 1 fully saturated rings. The first-order valence-corrected chi connectivity index (χ1v) is 7.96. The number of unbranched alkanes of at least 4 members (excludes halogenated alkanes) is 1. The number of nitrogens with zero attached hydrogens (tertiary/aromatic N) is 1. The van der Waals surface area contributed by atoms with Crippen LogP contribution in [0.2, 0.25) is 0 Å². The number of nitrogens with one attached hydrogen (secondary N) is 2. The highest BCUT2D eigenvalue weighted by Crippen LogP contribution is 2.31. The third-order valence-electron chi connectivity index (χ3n) is 3.25. The molecule has 0 unspecified atom stereocenters. The van der Waals surface area contributed by atoms with Gasteiger partial charge in [-0.2, -0.15) is 0 Å². The van der Waals surface area contributed by atoms with Crippen LogP contribution in [0.4, 0.5) is 0 Å². The molecule has 0 aromatic heterocycles. The number of rotatable bonds is 11. The topological polar surface area (TPSA) is 45.6 Å². The van der Waals surface area contributed by atoms with Crippen LogP contribution in [0.3, 0.4) is 0 Å². The maximum absolute atomic E-state index is 5.53. The Kier molecular flexibility index (Phi) is 13.9. The van der Waals surface area contributed by atoms with Gasteiger partial charge in [0.25, 0.3) is 0 Å². The Labute approximate surface area is 141 Å². The van der Waals surface area contributed by atoms with Gasteiger partial charge in [-0.3, -0.25) is 4.99 Å². The van der Waals surface area contributed by atoms with Crippen molar-refractivity contribution in [3.63, 3.8) is 0 Å². The van der Waals surface area contributed by atoms with Crippen molar-refractivity contribution in [2.45, 2.75) is 52.4 Å². The second kappa shape index (κ2) is 13.9. The summed E-state index contributed by atoms with van der Waals surface area (Å²) in [5.74, 6) is 1.93. The molecule has 4 nitrogen and oxygen atoms in total. The average Bonchev–Trinajstić information content (AvgIpc) is 3.22. The molecule has 0 atom stereocenters. The van der Waals surface area contributed by atoms with Crippen LogP contribution in [-0.4, -0.2) is 38.8 Å². The molecule has 1 aliphatic rings. The van der Waals surface area contributed by atoms with E-state index >= 15 is 0 Å². The lowest BCUT2D eigenvalue weighted by Crippen LogP contribution is -2.38. The van der Waals surface area contributed by atoms with Gasteiger partial charge in [-0.25, -0.2) is 0 Å². The summed E-state index contributed by atoms with van der Waals surface area (Å²) in [7, 11) is 0. The van der Waals surface area contributed by atoms with Crippen LogP contribution in [0.15, 0.2) is 4.99 Å². The minimum Gasteiger partial charge on any atom is -0.381 e. The van der Waals surface area contributed by atoms with E-state index in [2.05, 4.69) is 29.5 Å². The van der Waals surface area contributed by atoms with Crippen molar-refractivity contribution in [1.29, 1.82) is 0 Å². The molecule has 0 aromatic rings. The molecule has 0 aliphatic heterocycles. The molecular weight excluding hydrogens is 365 g/mol. The Morgan fingerprint density at radius 3 is 2.55 bits per heavy atom. The lowest BCUT2D eigenvalue weighted by molar-refractivity contribution is 0.130. The molecule has 5 heteroatoms. The van der Waals surface area contributed by atoms with E-state index in [1.54, 1.807) is 0 Å². The standard InChI is InChI=1S/C15H31N3O.HI/c1-3-5-12-19-13-6-10-17-15(16-4-2)18-11-9-14-7-8-14;/h14H,3-13H2,1-2H3,(H2,16,17,18);1H. The van der Waals surface area contributed by atoms with Gasteiger partial charge in [-0.05, 0) is 32.1 Å². The predicted molar refractivity (Wildman–Crippen MR) is 97.1 cm³/mol. The molecule has 1 rings (SSSR count). The van der Waals surface area contributed by atoms with Gasteiger partial charge in [0.15, 0.2) is 5.96 Å². The van der Waals surface area contributed by atoms with Crippen molar-refractivity contribution in [2.24, 2.45) is 10.9 Å². The lowest BCUT2D eigenvalue weighted by atomic mass is 10.3. The first-order valence-electron chi connectivity index (χ1n) is 7.96. The smallest absolute Gasteiger partial charge is 0.191 e. The minimum absolute atomic E-state index is 0. The van der Waals surface area contributed by atoms with Gasteiger partial charge in [-0.1, -0.05) is 26.2 Å². The van der Waals surface area contributed by atoms with E-state index in [1.807, 2.05) is 0 Å². The molecule has 120 valence electrons. The Balaban J connectivity index is 0.00000361. The monoisotopic (exact) mass is 397 g/mol. The van der Waals surface area contributed by atoms with Gasteiger partial charge in [0.2, 0.25) is 0 Å². The molecule has 1 saturated carbocycles. The summed E-state index contributed by atoms with van der Waals surface area (Å²) in [6, 6.07) is 0. The molecular formula is C15H32IN3O. The maximum Gasteiger partial charge on any atom is 0.191 e. The third kappa shape index (κ3) is 11.8. The summed E-state index contributed by atoms with van der Waals surface area (Å²) in [5.41, 5.74) is 0. The SMILES string of the molecule is CCCCOCCCN=C(NCC)NCCC1CC1.I. The molecule has 0 bridgehead atoms. The number of ether oxygens (including phenoxy) is 1. The molecule has 0 radical (unpaired) electrons. The number of hydrogen-bond acceptors (Lipinski definition) is 2. The zero-order valence-electron chi connectivity index (χ0n) is 13.1. The van der Waals surface area contributed by atoms with Crippen LogP contribution in [0.1, 0.15) is 52.4 Å². The highest BCUT2D eigenvalue weighted by atomic mass is 127. The third-order valence-corrected chi connectivity index (χ3v) is 3.25. The largest absolute Gasteiger partial charge is 0.381 e. The second-order valence-corrected chi connectivity index (χ2v) is 5.24. The van der Waals surface area contributed by atoms with Gasteiger partial charge in [-0.15, -0.1) is 24.0 Å². The lowest BCUT2D eigenvalue weighted by Gasteiger charge is -2.11. The molecule has 0 amide bonds. The number of halogens is 1. The fourth-order valence-corrected chi connectivity index (χ4v) is 1.85. The fraction of sp³-hybridized carbons (Fsp3) is 0.933. The Bertz CT molecular complexity index is 245. The summed E-state index contributed by atoms with van der Waals surface area (Å²) >= 11 is 0. The van der Waals surface area contributed by atoms with E-state index in [0.29, 0.717) is 0 Å². The molecule has 0 saturated heterocycles. The van der Waals surface area contributed by atoms with Crippen LogP contribution in [0.25, 0.3) is 0 Å². The van der Waals surface area contributed by atoms with Crippen LogP contribution < -0.4 is 10.6 Å². The van der Waals surface area contributed by atoms with Crippen LogP contribution in [0, 0.1) is 5.92 Å². The summed E-state index contributed by atoms with van der Waals surface area (Å²) in [6.45, 7) is 8.80. The van der Waals surface area contributed by atoms with Gasteiger partial charge in [0, 0.05) is 32.8 Å². The second-order valence-electron chi connectivity index (χ2n) is 5.24. The Morgan fingerprint density at radius 2 is 1.90 bits per heavy atom. The zero-order valence-corrected chi connectivity index (χ0v) is 15.4. The van der Waals surface area contributed by atoms with E-state index in [0.717, 1.165) is 57.6 Å². The zero-order chi connectivity index (χ0) is 13.8. The number of aliphatic imine (C=N–C) groups is 1. The summed E-state index contributed by atoms with van der Waals surface area (Å²) in [6.07, 6.45) is 7.49. The van der Waals surface area contributed by atoms with Gasteiger partial charge >= 0.3 is 0 Å². The number of guanidine groups is 1. The first-order chi connectivity index (χ1) is 9.36. The highest BCUT2D eigenvalue weighted by Gasteiger charge is 2.20.